The van der Waals surface area contributed by atoms with Crippen LogP contribution in [0.2, 0.25) is 0 Å². The fourth-order valence-corrected chi connectivity index (χ4v) is 1.89. The van der Waals surface area contributed by atoms with Crippen LogP contribution >= 0.6 is 0 Å². The molecule has 0 amide bonds. The summed E-state index contributed by atoms with van der Waals surface area (Å²) < 4.78 is 31.1. The Balaban J connectivity index is 1.75. The maximum Gasteiger partial charge on any atom is 0.338 e. The van der Waals surface area contributed by atoms with Crippen LogP contribution in [0.4, 0.5) is 0 Å². The van der Waals surface area contributed by atoms with Gasteiger partial charge in [0.2, 0.25) is 0 Å². The first-order chi connectivity index (χ1) is 13.7. The van der Waals surface area contributed by atoms with Gasteiger partial charge in [-0.05, 0) is 12.1 Å². The summed E-state index contributed by atoms with van der Waals surface area (Å²) in [5.41, 5.74) is 0.516. The second kappa shape index (κ2) is 17.1. The second-order valence-electron chi connectivity index (χ2n) is 5.40. The molecule has 0 atom stereocenters. The molecule has 0 aromatic heterocycles. The van der Waals surface area contributed by atoms with Crippen molar-refractivity contribution in [1.29, 1.82) is 0 Å². The SMILES string of the molecule is O=C(O)COCCOCCOCCOCCOCCOC(=O)c1ccccc1. The van der Waals surface area contributed by atoms with Crippen molar-refractivity contribution in [2.45, 2.75) is 0 Å². The second-order valence-corrected chi connectivity index (χ2v) is 5.40. The lowest BCUT2D eigenvalue weighted by atomic mass is 10.2. The number of esters is 1. The van der Waals surface area contributed by atoms with Crippen LogP contribution in [0.1, 0.15) is 10.4 Å². The number of benzene rings is 1. The van der Waals surface area contributed by atoms with E-state index in [4.69, 9.17) is 33.5 Å². The summed E-state index contributed by atoms with van der Waals surface area (Å²) in [7, 11) is 0. The van der Waals surface area contributed by atoms with E-state index in [1.54, 1.807) is 24.3 Å². The van der Waals surface area contributed by atoms with Gasteiger partial charge in [-0.25, -0.2) is 9.59 Å². The molecule has 0 saturated heterocycles. The van der Waals surface area contributed by atoms with E-state index < -0.39 is 5.97 Å². The molecular weight excluding hydrogens is 372 g/mol. The van der Waals surface area contributed by atoms with Crippen molar-refractivity contribution in [2.24, 2.45) is 0 Å². The lowest BCUT2D eigenvalue weighted by Gasteiger charge is -2.08. The minimum Gasteiger partial charge on any atom is -0.480 e. The summed E-state index contributed by atoms with van der Waals surface area (Å²) in [6.45, 7) is 3.28. The summed E-state index contributed by atoms with van der Waals surface area (Å²) in [6, 6.07) is 8.79. The zero-order valence-corrected chi connectivity index (χ0v) is 15.9. The summed E-state index contributed by atoms with van der Waals surface area (Å²) in [5, 5.41) is 8.36. The Morgan fingerprint density at radius 1 is 0.643 bits per heavy atom. The first-order valence-electron chi connectivity index (χ1n) is 9.03. The summed E-state index contributed by atoms with van der Waals surface area (Å²) in [6.07, 6.45) is 0. The number of hydrogen-bond donors (Lipinski definition) is 1. The number of carboxylic acid groups (broad SMARTS) is 1. The minimum atomic E-state index is -1.000. The predicted octanol–water partition coefficient (Wildman–Crippen LogP) is 1.01. The lowest BCUT2D eigenvalue weighted by molar-refractivity contribution is -0.142. The highest BCUT2D eigenvalue weighted by Crippen LogP contribution is 2.00. The van der Waals surface area contributed by atoms with Crippen molar-refractivity contribution >= 4 is 11.9 Å². The van der Waals surface area contributed by atoms with Crippen LogP contribution in [0.25, 0.3) is 0 Å². The van der Waals surface area contributed by atoms with Crippen LogP contribution < -0.4 is 0 Å². The highest BCUT2D eigenvalue weighted by atomic mass is 16.6. The van der Waals surface area contributed by atoms with E-state index in [1.807, 2.05) is 6.07 Å². The van der Waals surface area contributed by atoms with E-state index >= 15 is 0 Å². The van der Waals surface area contributed by atoms with Gasteiger partial charge >= 0.3 is 11.9 Å². The molecule has 1 rings (SSSR count). The number of ether oxygens (including phenoxy) is 6. The molecule has 0 aliphatic heterocycles. The van der Waals surface area contributed by atoms with Gasteiger partial charge in [-0.15, -0.1) is 0 Å². The van der Waals surface area contributed by atoms with Crippen molar-refractivity contribution in [2.75, 3.05) is 72.7 Å². The molecule has 0 saturated carbocycles. The molecule has 9 heteroatoms. The Labute approximate surface area is 164 Å². The van der Waals surface area contributed by atoms with Crippen molar-refractivity contribution in [3.8, 4) is 0 Å². The molecule has 0 heterocycles. The van der Waals surface area contributed by atoms with Crippen molar-refractivity contribution in [1.82, 2.24) is 0 Å². The molecule has 9 nitrogen and oxygen atoms in total. The predicted molar refractivity (Wildman–Crippen MR) is 98.5 cm³/mol. The number of aliphatic carboxylic acids is 1. The minimum absolute atomic E-state index is 0.193. The molecule has 1 N–H and O–H groups in total. The summed E-state index contributed by atoms with van der Waals surface area (Å²) in [5.74, 6) is -1.37. The van der Waals surface area contributed by atoms with Gasteiger partial charge in [0.05, 0.1) is 65.0 Å². The Kier molecular flexibility index (Phi) is 14.6. The van der Waals surface area contributed by atoms with Crippen LogP contribution in [0, 0.1) is 0 Å². The first kappa shape index (κ1) is 24.0. The molecule has 0 fully saturated rings. The zero-order valence-electron chi connectivity index (χ0n) is 15.9. The third-order valence-electron chi connectivity index (χ3n) is 3.18. The zero-order chi connectivity index (χ0) is 20.3. The Morgan fingerprint density at radius 3 is 1.54 bits per heavy atom. The van der Waals surface area contributed by atoms with Gasteiger partial charge in [-0.3, -0.25) is 0 Å². The topological polar surface area (TPSA) is 110 Å². The maximum atomic E-state index is 11.7. The van der Waals surface area contributed by atoms with Gasteiger partial charge in [0.15, 0.2) is 0 Å². The van der Waals surface area contributed by atoms with Crippen LogP contribution in [0.15, 0.2) is 30.3 Å². The monoisotopic (exact) mass is 400 g/mol. The van der Waals surface area contributed by atoms with Gasteiger partial charge in [0, 0.05) is 0 Å². The molecule has 1 aromatic rings. The Hall–Kier alpha value is -2.04. The van der Waals surface area contributed by atoms with Gasteiger partial charge in [-0.1, -0.05) is 18.2 Å². The first-order valence-corrected chi connectivity index (χ1v) is 9.03. The Bertz CT molecular complexity index is 521. The average Bonchev–Trinajstić information content (AvgIpc) is 2.70. The van der Waals surface area contributed by atoms with Gasteiger partial charge in [0.1, 0.15) is 13.2 Å². The standard InChI is InChI=1S/C19H28O9/c20-18(21)16-27-13-12-25-9-8-23-6-7-24-10-11-26-14-15-28-19(22)17-4-2-1-3-5-17/h1-5H,6-16H2,(H,20,21). The third kappa shape index (κ3) is 14.1. The van der Waals surface area contributed by atoms with Crippen molar-refractivity contribution in [3.63, 3.8) is 0 Å². The van der Waals surface area contributed by atoms with Crippen LogP contribution in [-0.2, 0) is 33.2 Å². The molecule has 0 radical (unpaired) electrons. The molecular formula is C19H28O9. The van der Waals surface area contributed by atoms with E-state index in [9.17, 15) is 9.59 Å². The highest BCUT2D eigenvalue weighted by Gasteiger charge is 2.04. The van der Waals surface area contributed by atoms with Crippen LogP contribution in [0.3, 0.4) is 0 Å². The lowest BCUT2D eigenvalue weighted by Crippen LogP contribution is -2.15. The van der Waals surface area contributed by atoms with E-state index in [0.29, 0.717) is 58.4 Å². The molecule has 0 bridgehead atoms. The van der Waals surface area contributed by atoms with Crippen LogP contribution in [0.5, 0.6) is 0 Å². The fraction of sp³-hybridized carbons (Fsp3) is 0.579. The van der Waals surface area contributed by atoms with Gasteiger partial charge in [0.25, 0.3) is 0 Å². The normalized spacial score (nSPS) is 10.7. The summed E-state index contributed by atoms with van der Waals surface area (Å²) in [4.78, 5) is 21.9. The summed E-state index contributed by atoms with van der Waals surface area (Å²) >= 11 is 0. The fourth-order valence-electron chi connectivity index (χ4n) is 1.89. The van der Waals surface area contributed by atoms with Gasteiger partial charge in [-0.2, -0.15) is 0 Å². The quantitative estimate of drug-likeness (QED) is 0.285. The van der Waals surface area contributed by atoms with E-state index in [2.05, 4.69) is 0 Å². The van der Waals surface area contributed by atoms with Gasteiger partial charge < -0.3 is 33.5 Å². The molecule has 28 heavy (non-hydrogen) atoms. The number of carbonyl (C=O) groups excluding carboxylic acids is 1. The largest absolute Gasteiger partial charge is 0.480 e. The maximum absolute atomic E-state index is 11.7. The highest BCUT2D eigenvalue weighted by molar-refractivity contribution is 5.89. The van der Waals surface area contributed by atoms with Crippen LogP contribution in [-0.4, -0.2) is 89.7 Å². The average molecular weight is 400 g/mol. The Morgan fingerprint density at radius 2 is 1.07 bits per heavy atom. The third-order valence-corrected chi connectivity index (χ3v) is 3.18. The molecule has 0 unspecified atom stereocenters. The number of hydrogen-bond acceptors (Lipinski definition) is 8. The number of rotatable bonds is 18. The number of carbonyl (C=O) groups is 2. The molecule has 1 aromatic carbocycles. The van der Waals surface area contributed by atoms with E-state index in [1.165, 1.54) is 0 Å². The van der Waals surface area contributed by atoms with E-state index in [-0.39, 0.29) is 25.8 Å². The van der Waals surface area contributed by atoms with Crippen molar-refractivity contribution in [3.05, 3.63) is 35.9 Å². The molecule has 158 valence electrons. The van der Waals surface area contributed by atoms with Crippen molar-refractivity contribution < 1.29 is 43.1 Å². The smallest absolute Gasteiger partial charge is 0.338 e. The molecule has 0 aliphatic carbocycles. The van der Waals surface area contributed by atoms with E-state index in [0.717, 1.165) is 0 Å². The molecule has 0 spiro atoms. The molecule has 0 aliphatic rings. The number of carboxylic acids is 1.